The van der Waals surface area contributed by atoms with Crippen molar-refractivity contribution in [1.29, 1.82) is 0 Å². The Balaban J connectivity index is 2.30. The number of anilines is 1. The van der Waals surface area contributed by atoms with Gasteiger partial charge in [0.1, 0.15) is 5.82 Å². The Labute approximate surface area is 126 Å². The van der Waals surface area contributed by atoms with Crippen LogP contribution in [0.25, 0.3) is 16.7 Å². The molecule has 2 N–H and O–H groups in total. The van der Waals surface area contributed by atoms with Crippen LogP contribution in [-0.4, -0.2) is 9.55 Å². The van der Waals surface area contributed by atoms with Crippen molar-refractivity contribution in [3.63, 3.8) is 0 Å². The van der Waals surface area contributed by atoms with Crippen molar-refractivity contribution in [2.75, 3.05) is 5.73 Å². The second kappa shape index (κ2) is 4.94. The Morgan fingerprint density at radius 1 is 1.20 bits per heavy atom. The second-order valence-corrected chi connectivity index (χ2v) is 5.75. The first-order valence-electron chi connectivity index (χ1n) is 6.63. The minimum Gasteiger partial charge on any atom is -0.399 e. The van der Waals surface area contributed by atoms with Crippen molar-refractivity contribution in [1.82, 2.24) is 9.55 Å². The monoisotopic (exact) mass is 329 g/mol. The summed E-state index contributed by atoms with van der Waals surface area (Å²) in [5.41, 5.74) is 11.0. The van der Waals surface area contributed by atoms with Crippen LogP contribution < -0.4 is 5.73 Å². The Hall–Kier alpha value is -1.81. The summed E-state index contributed by atoms with van der Waals surface area (Å²) < 4.78 is 3.32. The number of nitrogens with zero attached hydrogens (tertiary/aromatic N) is 2. The van der Waals surface area contributed by atoms with E-state index in [0.717, 1.165) is 39.1 Å². The quantitative estimate of drug-likeness (QED) is 0.714. The molecule has 0 spiro atoms. The first-order valence-corrected chi connectivity index (χ1v) is 7.43. The Morgan fingerprint density at radius 2 is 2.00 bits per heavy atom. The normalized spacial score (nSPS) is 11.2. The average molecular weight is 330 g/mol. The fourth-order valence-corrected chi connectivity index (χ4v) is 2.69. The molecule has 3 aromatic rings. The standard InChI is InChI=1S/C16H16BrN3/c1-3-16-19-14-9-11(18)4-7-15(14)20(16)12-5-6-13(17)10(2)8-12/h4-9H,3,18H2,1-2H3. The Morgan fingerprint density at radius 3 is 2.70 bits per heavy atom. The second-order valence-electron chi connectivity index (χ2n) is 4.90. The average Bonchev–Trinajstić information content (AvgIpc) is 2.79. The van der Waals surface area contributed by atoms with Crippen molar-refractivity contribution in [2.45, 2.75) is 20.3 Å². The predicted octanol–water partition coefficient (Wildman–Crippen LogP) is 4.24. The maximum atomic E-state index is 5.85. The van der Waals surface area contributed by atoms with Crippen molar-refractivity contribution in [2.24, 2.45) is 0 Å². The lowest BCUT2D eigenvalue weighted by atomic mass is 10.2. The summed E-state index contributed by atoms with van der Waals surface area (Å²) in [5.74, 6) is 1.05. The molecule has 0 unspecified atom stereocenters. The zero-order valence-electron chi connectivity index (χ0n) is 11.5. The van der Waals surface area contributed by atoms with Gasteiger partial charge in [0.15, 0.2) is 0 Å². The molecule has 0 aliphatic rings. The summed E-state index contributed by atoms with van der Waals surface area (Å²) in [6.45, 7) is 4.21. The number of aromatic nitrogens is 2. The van der Waals surface area contributed by atoms with Gasteiger partial charge in [0.25, 0.3) is 0 Å². The zero-order valence-corrected chi connectivity index (χ0v) is 13.1. The van der Waals surface area contributed by atoms with Crippen LogP contribution in [0.4, 0.5) is 5.69 Å². The SMILES string of the molecule is CCc1nc2cc(N)ccc2n1-c1ccc(Br)c(C)c1. The van der Waals surface area contributed by atoms with Crippen LogP contribution in [0.5, 0.6) is 0 Å². The molecule has 3 nitrogen and oxygen atoms in total. The molecule has 0 saturated heterocycles. The first kappa shape index (κ1) is 13.2. The molecule has 102 valence electrons. The minimum absolute atomic E-state index is 0.747. The van der Waals surface area contributed by atoms with Gasteiger partial charge in [-0.25, -0.2) is 4.98 Å². The number of hydrogen-bond donors (Lipinski definition) is 1. The Kier molecular flexibility index (Phi) is 3.26. The molecule has 2 aromatic carbocycles. The summed E-state index contributed by atoms with van der Waals surface area (Å²) in [5, 5.41) is 0. The first-order chi connectivity index (χ1) is 9.60. The number of rotatable bonds is 2. The van der Waals surface area contributed by atoms with Crippen molar-refractivity contribution in [3.05, 3.63) is 52.3 Å². The largest absolute Gasteiger partial charge is 0.399 e. The zero-order chi connectivity index (χ0) is 14.3. The van der Waals surface area contributed by atoms with Crippen LogP contribution in [0.15, 0.2) is 40.9 Å². The van der Waals surface area contributed by atoms with E-state index in [2.05, 4.69) is 52.5 Å². The van der Waals surface area contributed by atoms with E-state index >= 15 is 0 Å². The van der Waals surface area contributed by atoms with Gasteiger partial charge in [-0.05, 0) is 48.9 Å². The molecule has 3 rings (SSSR count). The number of benzene rings is 2. The van der Waals surface area contributed by atoms with E-state index in [-0.39, 0.29) is 0 Å². The third kappa shape index (κ3) is 2.10. The van der Waals surface area contributed by atoms with Gasteiger partial charge in [-0.3, -0.25) is 4.57 Å². The van der Waals surface area contributed by atoms with Crippen molar-refractivity contribution < 1.29 is 0 Å². The van der Waals surface area contributed by atoms with Gasteiger partial charge in [0, 0.05) is 22.3 Å². The fraction of sp³-hybridized carbons (Fsp3) is 0.188. The Bertz CT molecular complexity index is 790. The summed E-state index contributed by atoms with van der Waals surface area (Å²) in [7, 11) is 0. The minimum atomic E-state index is 0.747. The van der Waals surface area contributed by atoms with Gasteiger partial charge in [0.05, 0.1) is 11.0 Å². The lowest BCUT2D eigenvalue weighted by molar-refractivity contribution is 0.907. The number of aryl methyl sites for hydroxylation is 2. The van der Waals surface area contributed by atoms with E-state index in [1.807, 2.05) is 18.2 Å². The van der Waals surface area contributed by atoms with E-state index in [1.165, 1.54) is 5.56 Å². The molecule has 0 amide bonds. The van der Waals surface area contributed by atoms with Crippen LogP contribution in [0.1, 0.15) is 18.3 Å². The molecule has 1 heterocycles. The summed E-state index contributed by atoms with van der Waals surface area (Å²) in [4.78, 5) is 4.69. The van der Waals surface area contributed by atoms with Gasteiger partial charge < -0.3 is 5.73 Å². The van der Waals surface area contributed by atoms with E-state index in [4.69, 9.17) is 10.7 Å². The van der Waals surface area contributed by atoms with Gasteiger partial charge in [-0.1, -0.05) is 22.9 Å². The number of nitrogens with two attached hydrogens (primary N) is 1. The van der Waals surface area contributed by atoms with Crippen LogP contribution in [0.2, 0.25) is 0 Å². The summed E-state index contributed by atoms with van der Waals surface area (Å²) >= 11 is 3.55. The number of hydrogen-bond acceptors (Lipinski definition) is 2. The molecule has 20 heavy (non-hydrogen) atoms. The predicted molar refractivity (Wildman–Crippen MR) is 87.3 cm³/mol. The highest BCUT2D eigenvalue weighted by atomic mass is 79.9. The third-order valence-corrected chi connectivity index (χ3v) is 4.35. The highest BCUT2D eigenvalue weighted by molar-refractivity contribution is 9.10. The van der Waals surface area contributed by atoms with Crippen molar-refractivity contribution >= 4 is 32.7 Å². The molecule has 0 bridgehead atoms. The van der Waals surface area contributed by atoms with Crippen LogP contribution in [-0.2, 0) is 6.42 Å². The molecule has 1 aromatic heterocycles. The lowest BCUT2D eigenvalue weighted by Gasteiger charge is -2.10. The molecule has 0 aliphatic heterocycles. The number of halogens is 1. The summed E-state index contributed by atoms with van der Waals surface area (Å²) in [6.07, 6.45) is 0.879. The van der Waals surface area contributed by atoms with Crippen molar-refractivity contribution in [3.8, 4) is 5.69 Å². The topological polar surface area (TPSA) is 43.8 Å². The maximum Gasteiger partial charge on any atom is 0.114 e. The number of nitrogen functional groups attached to an aromatic ring is 1. The van der Waals surface area contributed by atoms with E-state index in [9.17, 15) is 0 Å². The molecule has 4 heteroatoms. The van der Waals surface area contributed by atoms with E-state index in [0.29, 0.717) is 0 Å². The molecule has 0 fully saturated rings. The third-order valence-electron chi connectivity index (χ3n) is 3.46. The molecule has 0 saturated carbocycles. The molecular formula is C16H16BrN3. The maximum absolute atomic E-state index is 5.85. The van der Waals surface area contributed by atoms with Gasteiger partial charge in [-0.2, -0.15) is 0 Å². The number of imidazole rings is 1. The molecule has 0 aliphatic carbocycles. The fourth-order valence-electron chi connectivity index (χ4n) is 2.44. The van der Waals surface area contributed by atoms with Crippen LogP contribution in [0.3, 0.4) is 0 Å². The molecular weight excluding hydrogens is 314 g/mol. The van der Waals surface area contributed by atoms with Crippen LogP contribution in [0, 0.1) is 6.92 Å². The molecule has 0 radical (unpaired) electrons. The lowest BCUT2D eigenvalue weighted by Crippen LogP contribution is -2.00. The number of fused-ring (bicyclic) bond motifs is 1. The van der Waals surface area contributed by atoms with Gasteiger partial charge >= 0.3 is 0 Å². The molecule has 0 atom stereocenters. The highest BCUT2D eigenvalue weighted by Crippen LogP contribution is 2.26. The van der Waals surface area contributed by atoms with Gasteiger partial charge in [0.2, 0.25) is 0 Å². The summed E-state index contributed by atoms with van der Waals surface area (Å²) in [6, 6.07) is 12.2. The van der Waals surface area contributed by atoms with Gasteiger partial charge in [-0.15, -0.1) is 0 Å². The highest BCUT2D eigenvalue weighted by Gasteiger charge is 2.11. The van der Waals surface area contributed by atoms with Crippen LogP contribution >= 0.6 is 15.9 Å². The van der Waals surface area contributed by atoms with E-state index < -0.39 is 0 Å². The van der Waals surface area contributed by atoms with E-state index in [1.54, 1.807) is 0 Å². The smallest absolute Gasteiger partial charge is 0.114 e.